The summed E-state index contributed by atoms with van der Waals surface area (Å²) in [5.41, 5.74) is 1.15. The molecule has 2 unspecified atom stereocenters. The molecule has 1 aromatic heterocycles. The van der Waals surface area contributed by atoms with Crippen LogP contribution in [0.4, 0.5) is 0 Å². The second kappa shape index (κ2) is 4.35. The van der Waals surface area contributed by atoms with Crippen LogP contribution in [0, 0.1) is 11.8 Å². The molecule has 84 valence electrons. The summed E-state index contributed by atoms with van der Waals surface area (Å²) >= 11 is 0. The molecule has 2 atom stereocenters. The number of nitrogens with zero attached hydrogens (tertiary/aromatic N) is 2. The van der Waals surface area contributed by atoms with Crippen LogP contribution in [0.25, 0.3) is 0 Å². The standard InChI is InChI=1S/C12H20N2O/c1-3-14-8-10(7-13-14)6-12(15)9(2)11-4-5-11/h7-9,11-12,15H,3-6H2,1-2H3. The molecule has 0 bridgehead atoms. The zero-order valence-corrected chi connectivity index (χ0v) is 9.56. The lowest BCUT2D eigenvalue weighted by Gasteiger charge is -2.17. The van der Waals surface area contributed by atoms with Gasteiger partial charge in [0.15, 0.2) is 0 Å². The Hall–Kier alpha value is -0.830. The molecule has 1 N–H and O–H groups in total. The average molecular weight is 208 g/mol. The molecule has 0 aromatic carbocycles. The van der Waals surface area contributed by atoms with Crippen molar-refractivity contribution in [2.45, 2.75) is 45.8 Å². The van der Waals surface area contributed by atoms with Crippen LogP contribution in [0.1, 0.15) is 32.3 Å². The van der Waals surface area contributed by atoms with Gasteiger partial charge in [-0.05, 0) is 37.2 Å². The zero-order valence-electron chi connectivity index (χ0n) is 9.56. The van der Waals surface area contributed by atoms with Crippen LogP contribution in [0.5, 0.6) is 0 Å². The molecule has 1 aliphatic rings. The molecular weight excluding hydrogens is 188 g/mol. The zero-order chi connectivity index (χ0) is 10.8. The second-order valence-electron chi connectivity index (χ2n) is 4.67. The summed E-state index contributed by atoms with van der Waals surface area (Å²) in [5.74, 6) is 1.20. The number of aliphatic hydroxyl groups excluding tert-OH is 1. The van der Waals surface area contributed by atoms with E-state index in [2.05, 4.69) is 18.9 Å². The van der Waals surface area contributed by atoms with Gasteiger partial charge in [0.1, 0.15) is 0 Å². The Labute approximate surface area is 91.1 Å². The van der Waals surface area contributed by atoms with E-state index in [4.69, 9.17) is 0 Å². The highest BCUT2D eigenvalue weighted by atomic mass is 16.3. The lowest BCUT2D eigenvalue weighted by atomic mass is 9.95. The summed E-state index contributed by atoms with van der Waals surface area (Å²) in [5, 5.41) is 14.2. The molecule has 3 nitrogen and oxygen atoms in total. The second-order valence-corrected chi connectivity index (χ2v) is 4.67. The predicted molar refractivity (Wildman–Crippen MR) is 59.5 cm³/mol. The fourth-order valence-electron chi connectivity index (χ4n) is 2.05. The third-order valence-electron chi connectivity index (χ3n) is 3.43. The minimum Gasteiger partial charge on any atom is -0.392 e. The molecule has 1 fully saturated rings. The van der Waals surface area contributed by atoms with E-state index in [9.17, 15) is 5.11 Å². The number of aromatic nitrogens is 2. The molecule has 0 aliphatic heterocycles. The molecule has 1 aromatic rings. The molecular formula is C12H20N2O. The fraction of sp³-hybridized carbons (Fsp3) is 0.750. The summed E-state index contributed by atoms with van der Waals surface area (Å²) < 4.78 is 1.91. The summed E-state index contributed by atoms with van der Waals surface area (Å²) in [7, 11) is 0. The highest BCUT2D eigenvalue weighted by Crippen LogP contribution is 2.38. The highest BCUT2D eigenvalue weighted by Gasteiger charge is 2.32. The average Bonchev–Trinajstić information content (AvgIpc) is 2.98. The van der Waals surface area contributed by atoms with Crippen molar-refractivity contribution in [3.8, 4) is 0 Å². The van der Waals surface area contributed by atoms with Gasteiger partial charge in [-0.1, -0.05) is 6.92 Å². The lowest BCUT2D eigenvalue weighted by molar-refractivity contribution is 0.105. The summed E-state index contributed by atoms with van der Waals surface area (Å²) in [6.45, 7) is 5.13. The van der Waals surface area contributed by atoms with E-state index in [1.54, 1.807) is 0 Å². The molecule has 15 heavy (non-hydrogen) atoms. The van der Waals surface area contributed by atoms with Crippen molar-refractivity contribution >= 4 is 0 Å². The van der Waals surface area contributed by atoms with Gasteiger partial charge in [0.25, 0.3) is 0 Å². The van der Waals surface area contributed by atoms with E-state index >= 15 is 0 Å². The Bertz CT molecular complexity index is 317. The van der Waals surface area contributed by atoms with Crippen LogP contribution < -0.4 is 0 Å². The van der Waals surface area contributed by atoms with Crippen molar-refractivity contribution in [2.24, 2.45) is 11.8 Å². The van der Waals surface area contributed by atoms with Crippen LogP contribution >= 0.6 is 0 Å². The first-order valence-corrected chi connectivity index (χ1v) is 5.90. The Morgan fingerprint density at radius 2 is 2.33 bits per heavy atom. The molecule has 2 rings (SSSR count). The van der Waals surface area contributed by atoms with Crippen molar-refractivity contribution in [1.82, 2.24) is 9.78 Å². The quantitative estimate of drug-likeness (QED) is 0.802. The molecule has 0 radical (unpaired) electrons. The fourth-order valence-corrected chi connectivity index (χ4v) is 2.05. The first-order valence-electron chi connectivity index (χ1n) is 5.90. The van der Waals surface area contributed by atoms with Crippen molar-refractivity contribution in [2.75, 3.05) is 0 Å². The normalized spacial score (nSPS) is 20.2. The van der Waals surface area contributed by atoms with Crippen LogP contribution in [0.3, 0.4) is 0 Å². The van der Waals surface area contributed by atoms with Crippen LogP contribution in [-0.2, 0) is 13.0 Å². The topological polar surface area (TPSA) is 38.0 Å². The van der Waals surface area contributed by atoms with Crippen molar-refractivity contribution < 1.29 is 5.11 Å². The van der Waals surface area contributed by atoms with Crippen LogP contribution in [0.15, 0.2) is 12.4 Å². The largest absolute Gasteiger partial charge is 0.392 e. The molecule has 0 amide bonds. The maximum Gasteiger partial charge on any atom is 0.0609 e. The molecule has 1 heterocycles. The van der Waals surface area contributed by atoms with Crippen molar-refractivity contribution in [1.29, 1.82) is 0 Å². The number of aliphatic hydroxyl groups is 1. The van der Waals surface area contributed by atoms with Gasteiger partial charge in [-0.25, -0.2) is 0 Å². The van der Waals surface area contributed by atoms with E-state index in [1.165, 1.54) is 12.8 Å². The smallest absolute Gasteiger partial charge is 0.0609 e. The summed E-state index contributed by atoms with van der Waals surface area (Å²) in [4.78, 5) is 0. The molecule has 1 saturated carbocycles. The van der Waals surface area contributed by atoms with Gasteiger partial charge >= 0.3 is 0 Å². The SMILES string of the molecule is CCn1cc(CC(O)C(C)C2CC2)cn1. The maximum atomic E-state index is 10.0. The Kier molecular flexibility index (Phi) is 3.10. The summed E-state index contributed by atoms with van der Waals surface area (Å²) in [6.07, 6.45) is 7.04. The van der Waals surface area contributed by atoms with Crippen molar-refractivity contribution in [3.63, 3.8) is 0 Å². The van der Waals surface area contributed by atoms with E-state index < -0.39 is 0 Å². The minimum atomic E-state index is -0.202. The van der Waals surface area contributed by atoms with Gasteiger partial charge in [0, 0.05) is 19.2 Å². The summed E-state index contributed by atoms with van der Waals surface area (Å²) in [6, 6.07) is 0. The van der Waals surface area contributed by atoms with Gasteiger partial charge < -0.3 is 5.11 Å². The third-order valence-corrected chi connectivity index (χ3v) is 3.43. The van der Waals surface area contributed by atoms with Gasteiger partial charge in [-0.3, -0.25) is 4.68 Å². The Morgan fingerprint density at radius 3 is 2.87 bits per heavy atom. The predicted octanol–water partition coefficient (Wildman–Crippen LogP) is 1.85. The molecule has 3 heteroatoms. The monoisotopic (exact) mass is 208 g/mol. The van der Waals surface area contributed by atoms with Crippen LogP contribution in [-0.4, -0.2) is 21.0 Å². The van der Waals surface area contributed by atoms with Gasteiger partial charge in [-0.15, -0.1) is 0 Å². The highest BCUT2D eigenvalue weighted by molar-refractivity contribution is 5.06. The van der Waals surface area contributed by atoms with E-state index in [1.807, 2.05) is 17.1 Å². The third kappa shape index (κ3) is 2.59. The number of aryl methyl sites for hydroxylation is 1. The van der Waals surface area contributed by atoms with Gasteiger partial charge in [0.05, 0.1) is 12.3 Å². The number of hydrogen-bond donors (Lipinski definition) is 1. The van der Waals surface area contributed by atoms with E-state index in [-0.39, 0.29) is 6.10 Å². The van der Waals surface area contributed by atoms with Crippen LogP contribution in [0.2, 0.25) is 0 Å². The van der Waals surface area contributed by atoms with Gasteiger partial charge in [0.2, 0.25) is 0 Å². The molecule has 1 aliphatic carbocycles. The van der Waals surface area contributed by atoms with E-state index in [0.29, 0.717) is 5.92 Å². The number of hydrogen-bond acceptors (Lipinski definition) is 2. The van der Waals surface area contributed by atoms with Crippen molar-refractivity contribution in [3.05, 3.63) is 18.0 Å². The molecule has 0 spiro atoms. The number of rotatable bonds is 5. The van der Waals surface area contributed by atoms with E-state index in [0.717, 1.165) is 24.4 Å². The first kappa shape index (κ1) is 10.7. The first-order chi connectivity index (χ1) is 7.20. The minimum absolute atomic E-state index is 0.202. The Balaban J connectivity index is 1.89. The molecule has 0 saturated heterocycles. The maximum absolute atomic E-state index is 10.0. The van der Waals surface area contributed by atoms with Gasteiger partial charge in [-0.2, -0.15) is 5.10 Å². The Morgan fingerprint density at radius 1 is 1.60 bits per heavy atom. The lowest BCUT2D eigenvalue weighted by Crippen LogP contribution is -2.21.